The molecular weight excluding hydrogens is 343 g/mol. The molecule has 0 saturated carbocycles. The molecule has 0 aliphatic rings. The second kappa shape index (κ2) is 7.23. The van der Waals surface area contributed by atoms with Gasteiger partial charge >= 0.3 is 0 Å². The predicted octanol–water partition coefficient (Wildman–Crippen LogP) is 4.24. The van der Waals surface area contributed by atoms with E-state index in [1.807, 2.05) is 36.1 Å². The van der Waals surface area contributed by atoms with Crippen LogP contribution in [0.2, 0.25) is 0 Å². The summed E-state index contributed by atoms with van der Waals surface area (Å²) < 4.78 is 15.3. The van der Waals surface area contributed by atoms with Crippen LogP contribution in [0.3, 0.4) is 0 Å². The van der Waals surface area contributed by atoms with Crippen molar-refractivity contribution >= 4 is 27.7 Å². The Hall–Kier alpha value is -3.15. The molecule has 0 atom stereocenters. The zero-order valence-corrected chi connectivity index (χ0v) is 15.1. The number of aromatic nitrogens is 3. The molecule has 27 heavy (non-hydrogen) atoms. The van der Waals surface area contributed by atoms with E-state index in [2.05, 4.69) is 21.5 Å². The van der Waals surface area contributed by atoms with Gasteiger partial charge in [-0.3, -0.25) is 9.48 Å². The summed E-state index contributed by atoms with van der Waals surface area (Å²) in [6.07, 6.45) is 5.05. The highest BCUT2D eigenvalue weighted by atomic mass is 19.1. The molecule has 2 heterocycles. The van der Waals surface area contributed by atoms with E-state index in [-0.39, 0.29) is 11.7 Å². The Balaban J connectivity index is 1.59. The number of nitrogens with one attached hydrogen (secondary N) is 2. The zero-order chi connectivity index (χ0) is 18.8. The molecule has 0 unspecified atom stereocenters. The first-order chi connectivity index (χ1) is 13.2. The smallest absolute Gasteiger partial charge is 0.221 e. The highest BCUT2D eigenvalue weighted by molar-refractivity contribution is 5.97. The third-order valence-electron chi connectivity index (χ3n) is 4.72. The number of carbonyl (C=O) groups is 1. The fourth-order valence-corrected chi connectivity index (χ4v) is 3.33. The molecular formula is C21H21FN4O. The van der Waals surface area contributed by atoms with Crippen LogP contribution >= 0.6 is 0 Å². The van der Waals surface area contributed by atoms with Crippen molar-refractivity contribution < 1.29 is 9.18 Å². The third kappa shape index (κ3) is 3.43. The van der Waals surface area contributed by atoms with E-state index in [1.165, 1.54) is 12.1 Å². The summed E-state index contributed by atoms with van der Waals surface area (Å²) in [6, 6.07) is 10.9. The lowest BCUT2D eigenvalue weighted by Crippen LogP contribution is -2.25. The summed E-state index contributed by atoms with van der Waals surface area (Å²) in [6.45, 7) is 3.28. The van der Waals surface area contributed by atoms with Gasteiger partial charge in [-0.2, -0.15) is 5.10 Å². The summed E-state index contributed by atoms with van der Waals surface area (Å²) in [5.41, 5.74) is 3.84. The lowest BCUT2D eigenvalue weighted by atomic mass is 10.0. The Morgan fingerprint density at radius 2 is 2.15 bits per heavy atom. The highest BCUT2D eigenvalue weighted by Crippen LogP contribution is 2.31. The van der Waals surface area contributed by atoms with Crippen LogP contribution in [0.5, 0.6) is 0 Å². The minimum absolute atomic E-state index is 0.0446. The fourth-order valence-electron chi connectivity index (χ4n) is 3.33. The lowest BCUT2D eigenvalue weighted by molar-refractivity contribution is -0.121. The summed E-state index contributed by atoms with van der Waals surface area (Å²) in [7, 11) is 0. The molecule has 6 heteroatoms. The number of rotatable bonds is 6. The van der Waals surface area contributed by atoms with Gasteiger partial charge in [0.25, 0.3) is 0 Å². The van der Waals surface area contributed by atoms with Gasteiger partial charge in [0.2, 0.25) is 5.91 Å². The van der Waals surface area contributed by atoms with Gasteiger partial charge in [-0.15, -0.1) is 0 Å². The number of hydrogen-bond acceptors (Lipinski definition) is 2. The van der Waals surface area contributed by atoms with Crippen molar-refractivity contribution in [2.45, 2.75) is 26.3 Å². The van der Waals surface area contributed by atoms with Gasteiger partial charge < -0.3 is 10.3 Å². The molecule has 4 rings (SSSR count). The minimum Gasteiger partial charge on any atom is -0.360 e. The Kier molecular flexibility index (Phi) is 4.62. The number of H-pyrrole nitrogens is 1. The van der Waals surface area contributed by atoms with Crippen molar-refractivity contribution in [2.24, 2.45) is 0 Å². The van der Waals surface area contributed by atoms with Crippen molar-refractivity contribution in [3.63, 3.8) is 0 Å². The fraction of sp³-hybridized carbons (Fsp3) is 0.238. The minimum atomic E-state index is -0.254. The number of amides is 1. The van der Waals surface area contributed by atoms with Gasteiger partial charge in [-0.25, -0.2) is 4.39 Å². The molecule has 5 nitrogen and oxygen atoms in total. The maximum absolute atomic E-state index is 13.4. The van der Waals surface area contributed by atoms with Crippen LogP contribution in [0.1, 0.15) is 19.8 Å². The molecule has 0 aliphatic carbocycles. The molecule has 0 bridgehead atoms. The van der Waals surface area contributed by atoms with Crippen molar-refractivity contribution in [2.75, 3.05) is 6.54 Å². The summed E-state index contributed by atoms with van der Waals surface area (Å²) in [5, 5.41) is 9.30. The molecule has 2 aromatic heterocycles. The normalized spacial score (nSPS) is 11.3. The quantitative estimate of drug-likeness (QED) is 0.537. The number of benzene rings is 2. The van der Waals surface area contributed by atoms with Crippen LogP contribution in [0.15, 0.2) is 48.8 Å². The van der Waals surface area contributed by atoms with Gasteiger partial charge in [-0.1, -0.05) is 13.0 Å². The lowest BCUT2D eigenvalue weighted by Gasteiger charge is -2.06. The summed E-state index contributed by atoms with van der Waals surface area (Å²) in [4.78, 5) is 14.9. The number of aryl methyl sites for hydroxylation is 1. The van der Waals surface area contributed by atoms with Crippen molar-refractivity contribution in [3.05, 3.63) is 54.6 Å². The molecule has 4 aromatic rings. The van der Waals surface area contributed by atoms with Crippen LogP contribution in [-0.2, 0) is 11.3 Å². The van der Waals surface area contributed by atoms with Gasteiger partial charge in [-0.05, 0) is 42.3 Å². The van der Waals surface area contributed by atoms with E-state index in [0.717, 1.165) is 39.4 Å². The van der Waals surface area contributed by atoms with Crippen molar-refractivity contribution in [1.29, 1.82) is 0 Å². The van der Waals surface area contributed by atoms with Crippen LogP contribution in [0.4, 0.5) is 4.39 Å². The van der Waals surface area contributed by atoms with Crippen molar-refractivity contribution in [3.8, 4) is 11.1 Å². The SMILES string of the molecule is CCCNC(=O)CCn1ncc2cc(-c3c[nH]c4cc(F)ccc34)ccc21. The van der Waals surface area contributed by atoms with Crippen LogP contribution in [-0.4, -0.2) is 27.2 Å². The average molecular weight is 364 g/mol. The highest BCUT2D eigenvalue weighted by Gasteiger charge is 2.10. The first kappa shape index (κ1) is 17.3. The largest absolute Gasteiger partial charge is 0.360 e. The van der Waals surface area contributed by atoms with Crippen molar-refractivity contribution in [1.82, 2.24) is 20.1 Å². The molecule has 1 amide bonds. The molecule has 2 N–H and O–H groups in total. The molecule has 0 fully saturated rings. The van der Waals surface area contributed by atoms with E-state index in [4.69, 9.17) is 0 Å². The summed E-state index contributed by atoms with van der Waals surface area (Å²) >= 11 is 0. The Morgan fingerprint density at radius 1 is 1.26 bits per heavy atom. The number of fused-ring (bicyclic) bond motifs is 2. The topological polar surface area (TPSA) is 62.7 Å². The standard InChI is InChI=1S/C21H21FN4O/c1-2-8-23-21(27)7-9-26-20-6-3-14(10-15(20)12-25-26)18-13-24-19-11-16(22)4-5-17(18)19/h3-6,10-13,24H,2,7-9H2,1H3,(H,23,27). The van der Waals surface area contributed by atoms with Crippen LogP contribution in [0.25, 0.3) is 32.9 Å². The van der Waals surface area contributed by atoms with E-state index in [0.29, 0.717) is 19.5 Å². The molecule has 0 spiro atoms. The Morgan fingerprint density at radius 3 is 3.00 bits per heavy atom. The van der Waals surface area contributed by atoms with Gasteiger partial charge in [0.05, 0.1) is 18.3 Å². The zero-order valence-electron chi connectivity index (χ0n) is 15.1. The average Bonchev–Trinajstić information content (AvgIpc) is 3.27. The van der Waals surface area contributed by atoms with Gasteiger partial charge in [0, 0.05) is 41.0 Å². The summed E-state index contributed by atoms with van der Waals surface area (Å²) in [5.74, 6) is -0.209. The number of aromatic amines is 1. The molecule has 0 radical (unpaired) electrons. The van der Waals surface area contributed by atoms with Gasteiger partial charge in [0.1, 0.15) is 5.82 Å². The molecule has 138 valence electrons. The van der Waals surface area contributed by atoms with E-state index in [9.17, 15) is 9.18 Å². The van der Waals surface area contributed by atoms with Crippen LogP contribution < -0.4 is 5.32 Å². The molecule has 2 aromatic carbocycles. The molecule has 0 saturated heterocycles. The predicted molar refractivity (Wildman–Crippen MR) is 105 cm³/mol. The first-order valence-electron chi connectivity index (χ1n) is 9.15. The number of hydrogen-bond donors (Lipinski definition) is 2. The monoisotopic (exact) mass is 364 g/mol. The van der Waals surface area contributed by atoms with E-state index in [1.54, 1.807) is 6.07 Å². The maximum Gasteiger partial charge on any atom is 0.221 e. The number of nitrogens with zero attached hydrogens (tertiary/aromatic N) is 2. The number of carbonyl (C=O) groups excluding carboxylic acids is 1. The van der Waals surface area contributed by atoms with Gasteiger partial charge in [0.15, 0.2) is 0 Å². The van der Waals surface area contributed by atoms with E-state index < -0.39 is 0 Å². The Bertz CT molecular complexity index is 1110. The second-order valence-corrected chi connectivity index (χ2v) is 6.63. The maximum atomic E-state index is 13.4. The van der Waals surface area contributed by atoms with Crippen LogP contribution in [0, 0.1) is 5.82 Å². The molecule has 0 aliphatic heterocycles. The first-order valence-corrected chi connectivity index (χ1v) is 9.15. The Labute approximate surface area is 156 Å². The van der Waals surface area contributed by atoms with E-state index >= 15 is 0 Å². The third-order valence-corrected chi connectivity index (χ3v) is 4.72. The number of halogens is 1. The second-order valence-electron chi connectivity index (χ2n) is 6.63.